The van der Waals surface area contributed by atoms with Gasteiger partial charge in [-0.1, -0.05) is 0 Å². The summed E-state index contributed by atoms with van der Waals surface area (Å²) in [5, 5.41) is 0. The molecule has 90 valence electrons. The molecule has 0 spiro atoms. The molecule has 0 aliphatic heterocycles. The molecule has 1 rings (SSSR count). The predicted molar refractivity (Wildman–Crippen MR) is 56.5 cm³/mol. The van der Waals surface area contributed by atoms with Crippen molar-refractivity contribution in [2.45, 2.75) is 11.3 Å². The number of hydrogen-bond donors (Lipinski definition) is 0. The van der Waals surface area contributed by atoms with E-state index in [2.05, 4.69) is 25.7 Å². The van der Waals surface area contributed by atoms with E-state index in [9.17, 15) is 17.2 Å². The molecular weight excluding hydrogens is 332 g/mol. The van der Waals surface area contributed by atoms with Gasteiger partial charge in [0.1, 0.15) is 4.60 Å². The van der Waals surface area contributed by atoms with Gasteiger partial charge >= 0.3 is 0 Å². The highest BCUT2D eigenvalue weighted by Gasteiger charge is 2.26. The van der Waals surface area contributed by atoms with E-state index >= 15 is 0 Å². The molecule has 16 heavy (non-hydrogen) atoms. The van der Waals surface area contributed by atoms with Crippen molar-refractivity contribution in [3.8, 4) is 5.88 Å². The van der Waals surface area contributed by atoms with E-state index in [1.165, 1.54) is 7.11 Å². The van der Waals surface area contributed by atoms with E-state index in [4.69, 9.17) is 10.7 Å². The van der Waals surface area contributed by atoms with Crippen LogP contribution in [0.2, 0.25) is 0 Å². The van der Waals surface area contributed by atoms with Gasteiger partial charge in [0.15, 0.2) is 0 Å². The van der Waals surface area contributed by atoms with Gasteiger partial charge in [-0.05, 0) is 15.9 Å². The number of nitrogens with zero attached hydrogens (tertiary/aromatic N) is 1. The lowest BCUT2D eigenvalue weighted by Gasteiger charge is -2.09. The lowest BCUT2D eigenvalue weighted by atomic mass is 10.3. The second-order valence-electron chi connectivity index (χ2n) is 2.61. The average molecular weight is 337 g/mol. The number of aromatic nitrogens is 1. The Labute approximate surface area is 103 Å². The molecule has 0 N–H and O–H groups in total. The van der Waals surface area contributed by atoms with Gasteiger partial charge in [-0.15, -0.1) is 0 Å². The van der Waals surface area contributed by atoms with Crippen LogP contribution in [-0.2, 0) is 9.05 Å². The molecule has 0 aliphatic rings. The Morgan fingerprint density at radius 1 is 1.56 bits per heavy atom. The second kappa shape index (κ2) is 4.80. The van der Waals surface area contributed by atoms with Crippen LogP contribution in [0.3, 0.4) is 0 Å². The largest absolute Gasteiger partial charge is 0.481 e. The zero-order chi connectivity index (χ0) is 12.5. The fourth-order valence-corrected chi connectivity index (χ4v) is 2.75. The van der Waals surface area contributed by atoms with E-state index in [0.717, 1.165) is 6.07 Å². The van der Waals surface area contributed by atoms with Gasteiger partial charge in [-0.25, -0.2) is 22.2 Å². The normalized spacial score (nSPS) is 11.9. The minimum atomic E-state index is -4.29. The van der Waals surface area contributed by atoms with Gasteiger partial charge < -0.3 is 4.74 Å². The van der Waals surface area contributed by atoms with Crippen LogP contribution in [0.15, 0.2) is 15.6 Å². The Hall–Kier alpha value is -0.470. The van der Waals surface area contributed by atoms with Crippen molar-refractivity contribution in [3.63, 3.8) is 0 Å². The highest BCUT2D eigenvalue weighted by Crippen LogP contribution is 2.35. The first kappa shape index (κ1) is 13.6. The number of rotatable bonds is 3. The van der Waals surface area contributed by atoms with Crippen LogP contribution < -0.4 is 4.74 Å². The molecule has 1 aromatic heterocycles. The maximum absolute atomic E-state index is 12.6. The van der Waals surface area contributed by atoms with Crippen molar-refractivity contribution < 1.29 is 21.9 Å². The third-order valence-electron chi connectivity index (χ3n) is 1.64. The lowest BCUT2D eigenvalue weighted by Crippen LogP contribution is -2.03. The van der Waals surface area contributed by atoms with Crippen LogP contribution >= 0.6 is 26.6 Å². The molecular formula is C7H5BrClF2NO3S. The SMILES string of the molecule is COc1cc(S(=O)(=O)Cl)c(C(F)F)c(Br)n1. The molecule has 0 radical (unpaired) electrons. The summed E-state index contributed by atoms with van der Waals surface area (Å²) in [6, 6.07) is 0.842. The first-order valence-electron chi connectivity index (χ1n) is 3.74. The molecule has 4 nitrogen and oxygen atoms in total. The van der Waals surface area contributed by atoms with E-state index in [1.54, 1.807) is 0 Å². The smallest absolute Gasteiger partial charge is 0.267 e. The first-order chi connectivity index (χ1) is 7.27. The third-order valence-corrected chi connectivity index (χ3v) is 3.61. The number of hydrogen-bond acceptors (Lipinski definition) is 4. The third kappa shape index (κ3) is 2.80. The zero-order valence-corrected chi connectivity index (χ0v) is 10.9. The summed E-state index contributed by atoms with van der Waals surface area (Å²) < 4.78 is 51.8. The van der Waals surface area contributed by atoms with Crippen molar-refractivity contribution in [3.05, 3.63) is 16.2 Å². The molecule has 0 unspecified atom stereocenters. The van der Waals surface area contributed by atoms with Crippen LogP contribution in [0.4, 0.5) is 8.78 Å². The number of halogens is 4. The highest BCUT2D eigenvalue weighted by molar-refractivity contribution is 9.10. The second-order valence-corrected chi connectivity index (χ2v) is 5.89. The minimum Gasteiger partial charge on any atom is -0.481 e. The molecule has 0 amide bonds. The van der Waals surface area contributed by atoms with E-state index < -0.39 is 25.9 Å². The van der Waals surface area contributed by atoms with Crippen LogP contribution in [0.1, 0.15) is 12.0 Å². The van der Waals surface area contributed by atoms with Crippen LogP contribution in [0.5, 0.6) is 5.88 Å². The van der Waals surface area contributed by atoms with Crippen LogP contribution in [0.25, 0.3) is 0 Å². The maximum atomic E-state index is 12.6. The summed E-state index contributed by atoms with van der Waals surface area (Å²) in [4.78, 5) is 2.86. The molecule has 9 heteroatoms. The molecule has 0 bridgehead atoms. The zero-order valence-electron chi connectivity index (χ0n) is 7.75. The summed E-state index contributed by atoms with van der Waals surface area (Å²) in [6.07, 6.45) is -3.02. The molecule has 0 fully saturated rings. The van der Waals surface area contributed by atoms with Gasteiger partial charge in [-0.2, -0.15) is 0 Å². The van der Waals surface area contributed by atoms with Crippen LogP contribution in [-0.4, -0.2) is 20.5 Å². The molecule has 0 aliphatic carbocycles. The average Bonchev–Trinajstić information content (AvgIpc) is 2.14. The summed E-state index contributed by atoms with van der Waals surface area (Å²) in [7, 11) is 1.98. The van der Waals surface area contributed by atoms with Gasteiger partial charge in [0, 0.05) is 16.7 Å². The summed E-state index contributed by atoms with van der Waals surface area (Å²) in [5.41, 5.74) is -0.782. The Morgan fingerprint density at radius 2 is 2.12 bits per heavy atom. The number of alkyl halides is 2. The maximum Gasteiger partial charge on any atom is 0.267 e. The monoisotopic (exact) mass is 335 g/mol. The molecule has 0 saturated carbocycles. The van der Waals surface area contributed by atoms with Gasteiger partial charge in [-0.3, -0.25) is 0 Å². The number of pyridine rings is 1. The van der Waals surface area contributed by atoms with E-state index in [-0.39, 0.29) is 10.5 Å². The van der Waals surface area contributed by atoms with Crippen molar-refractivity contribution in [2.75, 3.05) is 7.11 Å². The molecule has 0 saturated heterocycles. The Bertz CT molecular complexity index is 509. The summed E-state index contributed by atoms with van der Waals surface area (Å²) in [5.74, 6) is -0.129. The predicted octanol–water partition coefficient (Wildman–Crippen LogP) is 2.72. The Balaban J connectivity index is 3.60. The summed E-state index contributed by atoms with van der Waals surface area (Å²) >= 11 is 2.74. The van der Waals surface area contributed by atoms with Crippen molar-refractivity contribution in [1.82, 2.24) is 4.98 Å². The number of methoxy groups -OCH3 is 1. The fourth-order valence-electron chi connectivity index (χ4n) is 0.985. The standard InChI is InChI=1S/C7H5BrClF2NO3S/c1-15-4-2-3(16(9,13)14)5(7(10)11)6(8)12-4/h2,7H,1H3. The van der Waals surface area contributed by atoms with E-state index in [0.29, 0.717) is 0 Å². The van der Waals surface area contributed by atoms with Crippen molar-refractivity contribution in [2.24, 2.45) is 0 Å². The summed E-state index contributed by atoms with van der Waals surface area (Å²) in [6.45, 7) is 0. The Kier molecular flexibility index (Phi) is 4.08. The fraction of sp³-hybridized carbons (Fsp3) is 0.286. The van der Waals surface area contributed by atoms with Gasteiger partial charge in [0.25, 0.3) is 15.5 Å². The van der Waals surface area contributed by atoms with Gasteiger partial charge in [0.2, 0.25) is 5.88 Å². The van der Waals surface area contributed by atoms with E-state index in [1.807, 2.05) is 0 Å². The highest BCUT2D eigenvalue weighted by atomic mass is 79.9. The molecule has 1 heterocycles. The van der Waals surface area contributed by atoms with Crippen molar-refractivity contribution >= 4 is 35.7 Å². The molecule has 1 aromatic rings. The molecule has 0 aromatic carbocycles. The van der Waals surface area contributed by atoms with Crippen molar-refractivity contribution in [1.29, 1.82) is 0 Å². The quantitative estimate of drug-likeness (QED) is 0.629. The Morgan fingerprint density at radius 3 is 2.50 bits per heavy atom. The molecule has 0 atom stereocenters. The van der Waals surface area contributed by atoms with Gasteiger partial charge in [0.05, 0.1) is 17.6 Å². The first-order valence-corrected chi connectivity index (χ1v) is 6.85. The minimum absolute atomic E-state index is 0.129. The number of ether oxygens (including phenoxy) is 1. The lowest BCUT2D eigenvalue weighted by molar-refractivity contribution is 0.146. The topological polar surface area (TPSA) is 56.3 Å². The van der Waals surface area contributed by atoms with Crippen LogP contribution in [0, 0.1) is 0 Å².